The minimum Gasteiger partial charge on any atom is -0.369 e. The average Bonchev–Trinajstić information content (AvgIpc) is 2.86. The normalized spacial score (nSPS) is 22.2. The molecule has 1 atom stereocenters. The van der Waals surface area contributed by atoms with Crippen LogP contribution in [0.3, 0.4) is 0 Å². The quantitative estimate of drug-likeness (QED) is 0.875. The SMILES string of the molecule is CN1C(=O)C[C@@](C)(c2ccc3scc(C#N)c3c2)N=C1N. The van der Waals surface area contributed by atoms with Gasteiger partial charge in [0.25, 0.3) is 0 Å². The monoisotopic (exact) mass is 298 g/mol. The van der Waals surface area contributed by atoms with Crippen molar-refractivity contribution in [2.75, 3.05) is 7.05 Å². The number of fused-ring (bicyclic) bond motifs is 1. The van der Waals surface area contributed by atoms with E-state index in [1.54, 1.807) is 7.05 Å². The number of carbonyl (C=O) groups excluding carboxylic acids is 1. The number of hydrogen-bond donors (Lipinski definition) is 1. The van der Waals surface area contributed by atoms with Crippen molar-refractivity contribution in [2.24, 2.45) is 10.7 Å². The Labute approximate surface area is 126 Å². The summed E-state index contributed by atoms with van der Waals surface area (Å²) < 4.78 is 1.05. The zero-order valence-corrected chi connectivity index (χ0v) is 12.6. The average molecular weight is 298 g/mol. The van der Waals surface area contributed by atoms with E-state index in [0.717, 1.165) is 15.6 Å². The van der Waals surface area contributed by atoms with Crippen LogP contribution in [0.5, 0.6) is 0 Å². The molecule has 1 aliphatic rings. The molecule has 3 rings (SSSR count). The van der Waals surface area contributed by atoms with Crippen LogP contribution < -0.4 is 5.73 Å². The number of guanidine groups is 1. The maximum atomic E-state index is 12.0. The van der Waals surface area contributed by atoms with E-state index in [9.17, 15) is 4.79 Å². The van der Waals surface area contributed by atoms with Gasteiger partial charge < -0.3 is 5.73 Å². The first-order chi connectivity index (χ1) is 9.94. The van der Waals surface area contributed by atoms with Crippen molar-refractivity contribution in [1.29, 1.82) is 5.26 Å². The lowest BCUT2D eigenvalue weighted by atomic mass is 9.87. The zero-order chi connectivity index (χ0) is 15.2. The van der Waals surface area contributed by atoms with Crippen LogP contribution in [-0.4, -0.2) is 23.8 Å². The topological polar surface area (TPSA) is 82.5 Å². The van der Waals surface area contributed by atoms with Crippen molar-refractivity contribution in [3.05, 3.63) is 34.7 Å². The predicted molar refractivity (Wildman–Crippen MR) is 82.9 cm³/mol. The number of thiophene rings is 1. The molecule has 1 aromatic heterocycles. The molecule has 0 aliphatic carbocycles. The first-order valence-corrected chi connectivity index (χ1v) is 7.36. The number of hydrogen-bond acceptors (Lipinski definition) is 5. The van der Waals surface area contributed by atoms with E-state index in [1.807, 2.05) is 30.5 Å². The summed E-state index contributed by atoms with van der Waals surface area (Å²) in [5.74, 6) is 0.163. The molecule has 0 saturated carbocycles. The summed E-state index contributed by atoms with van der Waals surface area (Å²) in [5, 5.41) is 11.9. The molecule has 0 unspecified atom stereocenters. The molecular formula is C15H14N4OS. The van der Waals surface area contributed by atoms with Crippen LogP contribution >= 0.6 is 11.3 Å². The number of benzene rings is 1. The molecule has 0 spiro atoms. The maximum absolute atomic E-state index is 12.0. The van der Waals surface area contributed by atoms with Crippen LogP contribution in [0, 0.1) is 11.3 Å². The molecule has 1 aliphatic heterocycles. The van der Waals surface area contributed by atoms with Gasteiger partial charge in [-0.3, -0.25) is 9.69 Å². The smallest absolute Gasteiger partial charge is 0.231 e. The number of nitrogens with zero attached hydrogens (tertiary/aromatic N) is 3. The van der Waals surface area contributed by atoms with E-state index in [2.05, 4.69) is 11.1 Å². The summed E-state index contributed by atoms with van der Waals surface area (Å²) in [6, 6.07) is 8.06. The third-order valence-electron chi connectivity index (χ3n) is 3.89. The Bertz CT molecular complexity index is 817. The summed E-state index contributed by atoms with van der Waals surface area (Å²) in [6.07, 6.45) is 0.266. The van der Waals surface area contributed by atoms with Crippen molar-refractivity contribution in [2.45, 2.75) is 18.9 Å². The van der Waals surface area contributed by atoms with Crippen LogP contribution in [0.2, 0.25) is 0 Å². The molecule has 0 saturated heterocycles. The number of aliphatic imine (C=N–C) groups is 1. The Morgan fingerprint density at radius 1 is 1.52 bits per heavy atom. The van der Waals surface area contributed by atoms with Gasteiger partial charge in [0.2, 0.25) is 5.91 Å². The third-order valence-corrected chi connectivity index (χ3v) is 4.85. The molecule has 21 heavy (non-hydrogen) atoms. The van der Waals surface area contributed by atoms with Crippen molar-refractivity contribution < 1.29 is 4.79 Å². The van der Waals surface area contributed by atoms with Crippen LogP contribution in [0.15, 0.2) is 28.6 Å². The fourth-order valence-electron chi connectivity index (χ4n) is 2.53. The number of rotatable bonds is 1. The van der Waals surface area contributed by atoms with Crippen LogP contribution in [0.25, 0.3) is 10.1 Å². The predicted octanol–water partition coefficient (Wildman–Crippen LogP) is 2.16. The van der Waals surface area contributed by atoms with Crippen LogP contribution in [0.1, 0.15) is 24.5 Å². The molecule has 6 heteroatoms. The first kappa shape index (κ1) is 13.6. The minimum absolute atomic E-state index is 0.0593. The van der Waals surface area contributed by atoms with Crippen molar-refractivity contribution in [1.82, 2.24) is 4.90 Å². The third kappa shape index (κ3) is 2.06. The summed E-state index contributed by atoms with van der Waals surface area (Å²) in [6.45, 7) is 1.89. The Morgan fingerprint density at radius 3 is 2.95 bits per heavy atom. The molecule has 1 amide bonds. The fraction of sp³-hybridized carbons (Fsp3) is 0.267. The lowest BCUT2D eigenvalue weighted by molar-refractivity contribution is -0.128. The van der Waals surface area contributed by atoms with Crippen molar-refractivity contribution >= 4 is 33.3 Å². The van der Waals surface area contributed by atoms with Gasteiger partial charge in [0.15, 0.2) is 5.96 Å². The number of nitriles is 1. The van der Waals surface area contributed by atoms with Gasteiger partial charge in [-0.15, -0.1) is 11.3 Å². The molecule has 2 aromatic rings. The molecule has 0 fully saturated rings. The van der Waals surface area contributed by atoms with Crippen LogP contribution in [0.4, 0.5) is 0 Å². The zero-order valence-electron chi connectivity index (χ0n) is 11.8. The van der Waals surface area contributed by atoms with E-state index < -0.39 is 5.54 Å². The minimum atomic E-state index is -0.684. The Morgan fingerprint density at radius 2 is 2.29 bits per heavy atom. The van der Waals surface area contributed by atoms with E-state index in [0.29, 0.717) is 5.56 Å². The second kappa shape index (κ2) is 4.57. The van der Waals surface area contributed by atoms with Gasteiger partial charge in [-0.05, 0) is 24.6 Å². The number of nitrogens with two attached hydrogens (primary N) is 1. The Kier molecular flexibility index (Phi) is 2.96. The number of carbonyl (C=O) groups is 1. The van der Waals surface area contributed by atoms with Gasteiger partial charge in [0.1, 0.15) is 6.07 Å². The van der Waals surface area contributed by atoms with Gasteiger partial charge in [-0.2, -0.15) is 5.26 Å². The molecule has 0 radical (unpaired) electrons. The first-order valence-electron chi connectivity index (χ1n) is 6.48. The van der Waals surface area contributed by atoms with Crippen molar-refractivity contribution in [3.63, 3.8) is 0 Å². The fourth-order valence-corrected chi connectivity index (χ4v) is 3.39. The van der Waals surface area contributed by atoms with Gasteiger partial charge in [-0.25, -0.2) is 4.99 Å². The molecule has 2 N–H and O–H groups in total. The highest BCUT2D eigenvalue weighted by atomic mass is 32.1. The van der Waals surface area contributed by atoms with Gasteiger partial charge in [0, 0.05) is 22.5 Å². The summed E-state index contributed by atoms with van der Waals surface area (Å²) in [7, 11) is 1.62. The maximum Gasteiger partial charge on any atom is 0.231 e. The molecule has 2 heterocycles. The Balaban J connectivity index is 2.16. The second-order valence-electron chi connectivity index (χ2n) is 5.35. The highest BCUT2D eigenvalue weighted by Crippen LogP contribution is 2.36. The number of amides is 1. The molecule has 0 bridgehead atoms. The highest BCUT2D eigenvalue weighted by Gasteiger charge is 2.36. The van der Waals surface area contributed by atoms with Gasteiger partial charge >= 0.3 is 0 Å². The van der Waals surface area contributed by atoms with Crippen molar-refractivity contribution in [3.8, 4) is 6.07 Å². The lowest BCUT2D eigenvalue weighted by Crippen LogP contribution is -2.47. The largest absolute Gasteiger partial charge is 0.369 e. The van der Waals surface area contributed by atoms with E-state index in [-0.39, 0.29) is 18.3 Å². The highest BCUT2D eigenvalue weighted by molar-refractivity contribution is 7.17. The van der Waals surface area contributed by atoms with Crippen LogP contribution in [-0.2, 0) is 10.3 Å². The van der Waals surface area contributed by atoms with Gasteiger partial charge in [-0.1, -0.05) is 6.07 Å². The molecule has 5 nitrogen and oxygen atoms in total. The molecular weight excluding hydrogens is 284 g/mol. The van der Waals surface area contributed by atoms with E-state index in [4.69, 9.17) is 11.0 Å². The molecule has 106 valence electrons. The summed E-state index contributed by atoms with van der Waals surface area (Å²) >= 11 is 1.54. The Hall–Kier alpha value is -2.39. The van der Waals surface area contributed by atoms with E-state index in [1.165, 1.54) is 16.2 Å². The van der Waals surface area contributed by atoms with E-state index >= 15 is 0 Å². The summed E-state index contributed by atoms with van der Waals surface area (Å²) in [5.41, 5.74) is 6.70. The lowest BCUT2D eigenvalue weighted by Gasteiger charge is -2.33. The molecule has 1 aromatic carbocycles. The second-order valence-corrected chi connectivity index (χ2v) is 6.26. The summed E-state index contributed by atoms with van der Waals surface area (Å²) in [4.78, 5) is 17.9. The standard InChI is InChI=1S/C15H14N4OS/c1-15(6-13(20)19(2)14(17)18-15)10-3-4-12-11(5-10)9(7-16)8-21-12/h3-5,8H,6H2,1-2H3,(H2,17,18)/t15-/m0/s1. The van der Waals surface area contributed by atoms with Gasteiger partial charge in [0.05, 0.1) is 17.5 Å².